The van der Waals surface area contributed by atoms with E-state index in [-0.39, 0.29) is 10.8 Å². The van der Waals surface area contributed by atoms with E-state index in [1.54, 1.807) is 18.2 Å². The smallest absolute Gasteiger partial charge is 0.391 e. The topological polar surface area (TPSA) is 66.4 Å². The van der Waals surface area contributed by atoms with Gasteiger partial charge in [-0.2, -0.15) is 13.2 Å². The summed E-state index contributed by atoms with van der Waals surface area (Å²) in [5, 5.41) is 10.9. The predicted molar refractivity (Wildman–Crippen MR) is 77.0 cm³/mol. The van der Waals surface area contributed by atoms with Crippen molar-refractivity contribution >= 4 is 23.6 Å². The number of carbonyl (C=O) groups is 2. The minimum Gasteiger partial charge on any atom is -0.480 e. The first kappa shape index (κ1) is 18.3. The van der Waals surface area contributed by atoms with Crippen LogP contribution in [0, 0.1) is 0 Å². The van der Waals surface area contributed by atoms with Crippen molar-refractivity contribution in [3.8, 4) is 0 Å². The number of hydrogen-bond acceptors (Lipinski definition) is 3. The number of carbonyl (C=O) groups excluding carboxylic acids is 1. The average Bonchev–Trinajstić information content (AvgIpc) is 2.36. The number of alkyl halides is 3. The maximum atomic E-state index is 12.4. The molecule has 0 fully saturated rings. The molecule has 0 aliphatic rings. The summed E-state index contributed by atoms with van der Waals surface area (Å²) in [6.07, 6.45) is -6.30. The molecular formula is C14H16F3NO3S. The molecule has 0 radical (unpaired) electrons. The zero-order chi connectivity index (χ0) is 16.9. The third-order valence-corrected chi connectivity index (χ3v) is 3.61. The monoisotopic (exact) mass is 335 g/mol. The van der Waals surface area contributed by atoms with Crippen molar-refractivity contribution < 1.29 is 27.9 Å². The first-order valence-corrected chi connectivity index (χ1v) is 7.34. The summed E-state index contributed by atoms with van der Waals surface area (Å²) in [6.45, 7) is 3.81. The minimum absolute atomic E-state index is 0.162. The number of halogens is 3. The molecule has 122 valence electrons. The number of carboxylic acid groups (broad SMARTS) is 1. The van der Waals surface area contributed by atoms with Crippen LogP contribution in [0.1, 0.15) is 30.6 Å². The molecule has 22 heavy (non-hydrogen) atoms. The molecule has 0 saturated carbocycles. The van der Waals surface area contributed by atoms with E-state index in [1.807, 2.05) is 19.2 Å². The molecule has 0 bridgehead atoms. The summed E-state index contributed by atoms with van der Waals surface area (Å²) < 4.78 is 37.1. The molecule has 0 aliphatic carbocycles. The molecule has 2 N–H and O–H groups in total. The minimum atomic E-state index is -4.68. The number of thioether (sulfide) groups is 1. The summed E-state index contributed by atoms with van der Waals surface area (Å²) in [4.78, 5) is 23.6. The SMILES string of the molecule is CC(C)Sc1ccccc1C(=O)NC(CC(F)(F)F)C(=O)O. The molecule has 1 rings (SSSR count). The van der Waals surface area contributed by atoms with Crippen LogP contribution in [-0.4, -0.2) is 34.5 Å². The van der Waals surface area contributed by atoms with Crippen LogP contribution in [0.5, 0.6) is 0 Å². The molecule has 0 aliphatic heterocycles. The van der Waals surface area contributed by atoms with Gasteiger partial charge in [0, 0.05) is 10.1 Å². The Morgan fingerprint density at radius 3 is 2.36 bits per heavy atom. The number of benzene rings is 1. The maximum Gasteiger partial charge on any atom is 0.391 e. The Morgan fingerprint density at radius 2 is 1.86 bits per heavy atom. The van der Waals surface area contributed by atoms with Gasteiger partial charge in [-0.05, 0) is 12.1 Å². The average molecular weight is 335 g/mol. The molecule has 1 atom stereocenters. The lowest BCUT2D eigenvalue weighted by molar-refractivity contribution is -0.157. The normalized spacial score (nSPS) is 13.0. The third kappa shape index (κ3) is 5.97. The van der Waals surface area contributed by atoms with E-state index in [9.17, 15) is 22.8 Å². The van der Waals surface area contributed by atoms with Crippen molar-refractivity contribution in [1.82, 2.24) is 5.32 Å². The first-order valence-electron chi connectivity index (χ1n) is 6.46. The lowest BCUT2D eigenvalue weighted by atomic mass is 10.1. The van der Waals surface area contributed by atoms with Gasteiger partial charge in [0.1, 0.15) is 6.04 Å². The van der Waals surface area contributed by atoms with E-state index in [4.69, 9.17) is 5.11 Å². The van der Waals surface area contributed by atoms with Crippen LogP contribution >= 0.6 is 11.8 Å². The van der Waals surface area contributed by atoms with Gasteiger partial charge in [-0.15, -0.1) is 11.8 Å². The van der Waals surface area contributed by atoms with E-state index >= 15 is 0 Å². The molecule has 1 aromatic carbocycles. The van der Waals surface area contributed by atoms with Crippen molar-refractivity contribution in [2.24, 2.45) is 0 Å². The number of nitrogens with one attached hydrogen (secondary N) is 1. The highest BCUT2D eigenvalue weighted by atomic mass is 32.2. The largest absolute Gasteiger partial charge is 0.480 e. The Labute approximate surface area is 130 Å². The first-order chi connectivity index (χ1) is 10.1. The molecule has 8 heteroatoms. The van der Waals surface area contributed by atoms with Crippen molar-refractivity contribution in [1.29, 1.82) is 0 Å². The molecule has 1 aromatic rings. The second-order valence-corrected chi connectivity index (χ2v) is 6.46. The van der Waals surface area contributed by atoms with Gasteiger partial charge in [0.2, 0.25) is 0 Å². The van der Waals surface area contributed by atoms with Crippen LogP contribution < -0.4 is 5.32 Å². The van der Waals surface area contributed by atoms with E-state index in [1.165, 1.54) is 17.8 Å². The van der Waals surface area contributed by atoms with Crippen LogP contribution in [0.15, 0.2) is 29.2 Å². The van der Waals surface area contributed by atoms with Gasteiger partial charge in [0.25, 0.3) is 5.91 Å². The fraction of sp³-hybridized carbons (Fsp3) is 0.429. The van der Waals surface area contributed by atoms with Crippen LogP contribution in [0.25, 0.3) is 0 Å². The zero-order valence-electron chi connectivity index (χ0n) is 12.0. The van der Waals surface area contributed by atoms with Crippen molar-refractivity contribution in [2.75, 3.05) is 0 Å². The molecule has 0 saturated heterocycles. The fourth-order valence-electron chi connectivity index (χ4n) is 1.68. The Balaban J connectivity index is 2.93. The van der Waals surface area contributed by atoms with Crippen LogP contribution in [0.3, 0.4) is 0 Å². The number of hydrogen-bond donors (Lipinski definition) is 2. The number of aliphatic carboxylic acids is 1. The summed E-state index contributed by atoms with van der Waals surface area (Å²) in [5.74, 6) is -2.56. The fourth-order valence-corrected chi connectivity index (χ4v) is 2.63. The zero-order valence-corrected chi connectivity index (χ0v) is 12.8. The predicted octanol–water partition coefficient (Wildman–Crippen LogP) is 3.32. The Hall–Kier alpha value is -1.70. The van der Waals surface area contributed by atoms with E-state index < -0.39 is 30.5 Å². The van der Waals surface area contributed by atoms with Gasteiger partial charge in [-0.1, -0.05) is 26.0 Å². The Kier molecular flexibility index (Phi) is 6.28. The third-order valence-electron chi connectivity index (χ3n) is 2.53. The summed E-state index contributed by atoms with van der Waals surface area (Å²) in [7, 11) is 0. The van der Waals surface area contributed by atoms with E-state index in [2.05, 4.69) is 0 Å². The molecule has 0 aromatic heterocycles. The molecule has 0 heterocycles. The number of carboxylic acids is 1. The van der Waals surface area contributed by atoms with Gasteiger partial charge in [0.15, 0.2) is 0 Å². The highest BCUT2D eigenvalue weighted by molar-refractivity contribution is 8.00. The lowest BCUT2D eigenvalue weighted by Crippen LogP contribution is -2.43. The van der Waals surface area contributed by atoms with Gasteiger partial charge < -0.3 is 10.4 Å². The van der Waals surface area contributed by atoms with Gasteiger partial charge in [0.05, 0.1) is 12.0 Å². The van der Waals surface area contributed by atoms with Crippen molar-refractivity contribution in [2.45, 2.75) is 42.6 Å². The summed E-state index contributed by atoms with van der Waals surface area (Å²) in [5.41, 5.74) is 0.162. The highest BCUT2D eigenvalue weighted by Crippen LogP contribution is 2.27. The molecular weight excluding hydrogens is 319 g/mol. The summed E-state index contributed by atoms with van der Waals surface area (Å²) in [6, 6.07) is 4.38. The standard InChI is InChI=1S/C14H16F3NO3S/c1-8(2)22-11-6-4-3-5-9(11)12(19)18-10(13(20)21)7-14(15,16)17/h3-6,8,10H,7H2,1-2H3,(H,18,19)(H,20,21). The van der Waals surface area contributed by atoms with Gasteiger partial charge in [-0.25, -0.2) is 4.79 Å². The molecule has 0 spiro atoms. The van der Waals surface area contributed by atoms with Gasteiger partial charge in [-0.3, -0.25) is 4.79 Å². The van der Waals surface area contributed by atoms with Crippen LogP contribution in [-0.2, 0) is 4.79 Å². The van der Waals surface area contributed by atoms with Crippen LogP contribution in [0.2, 0.25) is 0 Å². The second-order valence-electron chi connectivity index (χ2n) is 4.85. The highest BCUT2D eigenvalue weighted by Gasteiger charge is 2.36. The number of amides is 1. The molecule has 4 nitrogen and oxygen atoms in total. The van der Waals surface area contributed by atoms with E-state index in [0.717, 1.165) is 0 Å². The van der Waals surface area contributed by atoms with Crippen molar-refractivity contribution in [3.05, 3.63) is 29.8 Å². The maximum absolute atomic E-state index is 12.4. The summed E-state index contributed by atoms with van der Waals surface area (Å²) >= 11 is 1.37. The van der Waals surface area contributed by atoms with Crippen molar-refractivity contribution in [3.63, 3.8) is 0 Å². The van der Waals surface area contributed by atoms with Crippen LogP contribution in [0.4, 0.5) is 13.2 Å². The lowest BCUT2D eigenvalue weighted by Gasteiger charge is -2.17. The van der Waals surface area contributed by atoms with E-state index in [0.29, 0.717) is 4.90 Å². The molecule has 1 unspecified atom stereocenters. The number of rotatable bonds is 6. The molecule has 1 amide bonds. The Bertz CT molecular complexity index is 546. The van der Waals surface area contributed by atoms with Gasteiger partial charge >= 0.3 is 12.1 Å². The second kappa shape index (κ2) is 7.53. The quantitative estimate of drug-likeness (QED) is 0.783. The Morgan fingerprint density at radius 1 is 1.27 bits per heavy atom.